The molecule has 2 bridgehead atoms. The highest BCUT2D eigenvalue weighted by Gasteiger charge is 2.36. The Balaban J connectivity index is 1.87. The summed E-state index contributed by atoms with van der Waals surface area (Å²) in [4.78, 5) is 11.8. The zero-order chi connectivity index (χ0) is 10.1. The molecule has 78 valence electrons. The van der Waals surface area contributed by atoms with Gasteiger partial charge in [0.15, 0.2) is 0 Å². The van der Waals surface area contributed by atoms with Crippen LogP contribution in [-0.2, 0) is 4.79 Å². The second kappa shape index (κ2) is 3.88. The van der Waals surface area contributed by atoms with Crippen molar-refractivity contribution in [2.24, 2.45) is 23.7 Å². The Bertz CT molecular complexity index is 254. The fourth-order valence-electron chi connectivity index (χ4n) is 2.82. The lowest BCUT2D eigenvalue weighted by Gasteiger charge is -2.18. The molecular weight excluding hydrogens is 172 g/mol. The van der Waals surface area contributed by atoms with E-state index in [9.17, 15) is 4.79 Å². The number of carbonyl (C=O) groups excluding carboxylic acids is 1. The van der Waals surface area contributed by atoms with Crippen LogP contribution in [0.25, 0.3) is 0 Å². The fourth-order valence-corrected chi connectivity index (χ4v) is 2.82. The SMILES string of the molecule is CCC(C)C(=O)CC1CC2C=CC1C2. The molecule has 0 heterocycles. The average Bonchev–Trinajstić information content (AvgIpc) is 2.77. The van der Waals surface area contributed by atoms with Crippen LogP contribution in [0.4, 0.5) is 0 Å². The monoisotopic (exact) mass is 192 g/mol. The van der Waals surface area contributed by atoms with Crippen molar-refractivity contribution in [1.82, 2.24) is 0 Å². The maximum Gasteiger partial charge on any atom is 0.135 e. The first-order chi connectivity index (χ1) is 6.70. The van der Waals surface area contributed by atoms with Gasteiger partial charge in [-0.25, -0.2) is 0 Å². The van der Waals surface area contributed by atoms with Crippen LogP contribution in [0.5, 0.6) is 0 Å². The number of rotatable bonds is 4. The molecule has 0 spiro atoms. The van der Waals surface area contributed by atoms with Crippen LogP contribution in [0.15, 0.2) is 12.2 Å². The summed E-state index contributed by atoms with van der Waals surface area (Å²) in [7, 11) is 0. The topological polar surface area (TPSA) is 17.1 Å². The molecule has 0 aromatic rings. The molecule has 0 N–H and O–H groups in total. The van der Waals surface area contributed by atoms with Crippen LogP contribution in [0.3, 0.4) is 0 Å². The third-order valence-electron chi connectivity index (χ3n) is 4.04. The Morgan fingerprint density at radius 1 is 1.43 bits per heavy atom. The summed E-state index contributed by atoms with van der Waals surface area (Å²) in [6.07, 6.45) is 9.09. The van der Waals surface area contributed by atoms with Crippen molar-refractivity contribution in [3.63, 3.8) is 0 Å². The summed E-state index contributed by atoms with van der Waals surface area (Å²) in [5, 5.41) is 0. The van der Waals surface area contributed by atoms with Crippen LogP contribution in [0, 0.1) is 23.7 Å². The predicted molar refractivity (Wildman–Crippen MR) is 57.9 cm³/mol. The third-order valence-corrected chi connectivity index (χ3v) is 4.04. The number of fused-ring (bicyclic) bond motifs is 2. The van der Waals surface area contributed by atoms with E-state index in [1.165, 1.54) is 12.8 Å². The van der Waals surface area contributed by atoms with Crippen LogP contribution in [-0.4, -0.2) is 5.78 Å². The molecule has 14 heavy (non-hydrogen) atoms. The fraction of sp³-hybridized carbons (Fsp3) is 0.769. The van der Waals surface area contributed by atoms with E-state index in [1.807, 2.05) is 0 Å². The Morgan fingerprint density at radius 2 is 2.21 bits per heavy atom. The molecule has 1 saturated carbocycles. The van der Waals surface area contributed by atoms with E-state index in [0.29, 0.717) is 11.7 Å². The number of carbonyl (C=O) groups is 1. The minimum absolute atomic E-state index is 0.276. The molecule has 0 aromatic carbocycles. The smallest absolute Gasteiger partial charge is 0.135 e. The molecule has 2 rings (SSSR count). The summed E-state index contributed by atoms with van der Waals surface area (Å²) < 4.78 is 0. The van der Waals surface area contributed by atoms with Gasteiger partial charge < -0.3 is 0 Å². The first kappa shape index (κ1) is 9.95. The Kier molecular flexibility index (Phi) is 2.76. The van der Waals surface area contributed by atoms with E-state index >= 15 is 0 Å². The van der Waals surface area contributed by atoms with Crippen LogP contribution < -0.4 is 0 Å². The van der Waals surface area contributed by atoms with Gasteiger partial charge in [-0.2, -0.15) is 0 Å². The van der Waals surface area contributed by atoms with Crippen molar-refractivity contribution in [3.05, 3.63) is 12.2 Å². The van der Waals surface area contributed by atoms with Crippen molar-refractivity contribution in [2.75, 3.05) is 0 Å². The number of Topliss-reactive ketones (excluding diaryl/α,β-unsaturated/α-hetero) is 1. The zero-order valence-electron chi connectivity index (χ0n) is 9.20. The van der Waals surface area contributed by atoms with Gasteiger partial charge in [-0.15, -0.1) is 0 Å². The van der Waals surface area contributed by atoms with E-state index in [2.05, 4.69) is 26.0 Å². The van der Waals surface area contributed by atoms with E-state index < -0.39 is 0 Å². The molecule has 0 saturated heterocycles. The molecule has 2 aliphatic rings. The van der Waals surface area contributed by atoms with E-state index in [1.54, 1.807) is 0 Å². The average molecular weight is 192 g/mol. The van der Waals surface area contributed by atoms with E-state index in [4.69, 9.17) is 0 Å². The van der Waals surface area contributed by atoms with Crippen LogP contribution >= 0.6 is 0 Å². The quantitative estimate of drug-likeness (QED) is 0.625. The molecule has 1 fully saturated rings. The number of ketones is 1. The zero-order valence-corrected chi connectivity index (χ0v) is 9.20. The molecule has 4 atom stereocenters. The summed E-state index contributed by atoms with van der Waals surface area (Å²) in [6, 6.07) is 0. The number of allylic oxidation sites excluding steroid dienone is 2. The Hall–Kier alpha value is -0.590. The van der Waals surface area contributed by atoms with Gasteiger partial charge in [-0.1, -0.05) is 26.0 Å². The van der Waals surface area contributed by atoms with Crippen molar-refractivity contribution < 1.29 is 4.79 Å². The molecule has 2 aliphatic carbocycles. The van der Waals surface area contributed by atoms with Crippen molar-refractivity contribution in [1.29, 1.82) is 0 Å². The second-order valence-electron chi connectivity index (χ2n) is 5.02. The minimum atomic E-state index is 0.276. The standard InChI is InChI=1S/C13H20O/c1-3-9(2)13(14)8-12-7-10-4-5-11(12)6-10/h4-5,9-12H,3,6-8H2,1-2H3. The summed E-state index contributed by atoms with van der Waals surface area (Å²) in [6.45, 7) is 4.16. The third kappa shape index (κ3) is 1.77. The molecule has 0 amide bonds. The van der Waals surface area contributed by atoms with Gasteiger partial charge in [0.05, 0.1) is 0 Å². The van der Waals surface area contributed by atoms with Gasteiger partial charge in [0.1, 0.15) is 5.78 Å². The molecular formula is C13H20O. The van der Waals surface area contributed by atoms with Gasteiger partial charge in [0.2, 0.25) is 0 Å². The molecule has 0 aromatic heterocycles. The molecule has 0 aliphatic heterocycles. The maximum atomic E-state index is 11.8. The molecule has 4 unspecified atom stereocenters. The normalized spacial score (nSPS) is 36.3. The lowest BCUT2D eigenvalue weighted by Crippen LogP contribution is -2.17. The highest BCUT2D eigenvalue weighted by molar-refractivity contribution is 5.80. The summed E-state index contributed by atoms with van der Waals surface area (Å²) in [5.41, 5.74) is 0. The Labute approximate surface area is 86.6 Å². The first-order valence-electron chi connectivity index (χ1n) is 5.91. The predicted octanol–water partition coefficient (Wildman–Crippen LogP) is 3.20. The van der Waals surface area contributed by atoms with Gasteiger partial charge >= 0.3 is 0 Å². The molecule has 0 radical (unpaired) electrons. The molecule has 1 nitrogen and oxygen atoms in total. The summed E-state index contributed by atoms with van der Waals surface area (Å²) in [5.74, 6) is 2.96. The minimum Gasteiger partial charge on any atom is -0.299 e. The van der Waals surface area contributed by atoms with E-state index in [-0.39, 0.29) is 5.92 Å². The first-order valence-corrected chi connectivity index (χ1v) is 5.91. The van der Waals surface area contributed by atoms with Crippen molar-refractivity contribution in [3.8, 4) is 0 Å². The second-order valence-corrected chi connectivity index (χ2v) is 5.02. The van der Waals surface area contributed by atoms with Crippen molar-refractivity contribution in [2.45, 2.75) is 39.5 Å². The van der Waals surface area contributed by atoms with Crippen molar-refractivity contribution >= 4 is 5.78 Å². The highest BCUT2D eigenvalue weighted by Crippen LogP contribution is 2.45. The van der Waals surface area contributed by atoms with Gasteiger partial charge in [-0.3, -0.25) is 4.79 Å². The van der Waals surface area contributed by atoms with E-state index in [0.717, 1.165) is 24.7 Å². The van der Waals surface area contributed by atoms with Gasteiger partial charge in [0, 0.05) is 12.3 Å². The molecule has 1 heteroatoms. The van der Waals surface area contributed by atoms with Gasteiger partial charge in [0.25, 0.3) is 0 Å². The maximum absolute atomic E-state index is 11.8. The van der Waals surface area contributed by atoms with Gasteiger partial charge in [-0.05, 0) is 37.0 Å². The largest absolute Gasteiger partial charge is 0.299 e. The lowest BCUT2D eigenvalue weighted by atomic mass is 9.86. The van der Waals surface area contributed by atoms with Crippen LogP contribution in [0.2, 0.25) is 0 Å². The Morgan fingerprint density at radius 3 is 2.71 bits per heavy atom. The highest BCUT2D eigenvalue weighted by atomic mass is 16.1. The number of hydrogen-bond acceptors (Lipinski definition) is 1. The lowest BCUT2D eigenvalue weighted by molar-refractivity contribution is -0.123. The van der Waals surface area contributed by atoms with Crippen LogP contribution in [0.1, 0.15) is 39.5 Å². The number of hydrogen-bond donors (Lipinski definition) is 0. The summed E-state index contributed by atoms with van der Waals surface area (Å²) >= 11 is 0.